The molecule has 0 heterocycles. The van der Waals surface area contributed by atoms with E-state index in [-0.39, 0.29) is 11.9 Å². The van der Waals surface area contributed by atoms with Crippen molar-refractivity contribution in [3.05, 3.63) is 0 Å². The first-order chi connectivity index (χ1) is 7.44. The molecule has 2 atom stereocenters. The lowest BCUT2D eigenvalue weighted by atomic mass is 9.92. The Morgan fingerprint density at radius 1 is 1.62 bits per heavy atom. The zero-order valence-electron chi connectivity index (χ0n) is 10.6. The van der Waals surface area contributed by atoms with Gasteiger partial charge in [-0.05, 0) is 43.1 Å². The Balaban J connectivity index is 2.29. The van der Waals surface area contributed by atoms with Gasteiger partial charge in [0.2, 0.25) is 5.91 Å². The van der Waals surface area contributed by atoms with Gasteiger partial charge < -0.3 is 11.1 Å². The van der Waals surface area contributed by atoms with Gasteiger partial charge in [0.1, 0.15) is 0 Å². The van der Waals surface area contributed by atoms with Crippen LogP contribution in [0.15, 0.2) is 0 Å². The molecule has 0 aliphatic heterocycles. The molecule has 94 valence electrons. The Bertz CT molecular complexity index is 243. The fourth-order valence-electron chi connectivity index (χ4n) is 2.24. The second-order valence-corrected chi connectivity index (χ2v) is 6.49. The summed E-state index contributed by atoms with van der Waals surface area (Å²) >= 11 is 1.73. The summed E-state index contributed by atoms with van der Waals surface area (Å²) in [7, 11) is 0. The van der Waals surface area contributed by atoms with E-state index in [2.05, 4.69) is 19.2 Å². The number of carbonyl (C=O) groups excluding carboxylic acids is 1. The zero-order chi connectivity index (χ0) is 12.2. The first-order valence-electron chi connectivity index (χ1n) is 5.99. The van der Waals surface area contributed by atoms with E-state index < -0.39 is 0 Å². The van der Waals surface area contributed by atoms with Gasteiger partial charge in [-0.3, -0.25) is 4.79 Å². The minimum Gasteiger partial charge on any atom is -0.352 e. The molecule has 0 aromatic rings. The molecule has 3 nitrogen and oxygen atoms in total. The van der Waals surface area contributed by atoms with Gasteiger partial charge in [0.05, 0.1) is 6.04 Å². The number of nitrogens with two attached hydrogens (primary N) is 1. The maximum atomic E-state index is 11.8. The van der Waals surface area contributed by atoms with Crippen LogP contribution in [0, 0.1) is 5.41 Å². The molecule has 1 aliphatic rings. The van der Waals surface area contributed by atoms with Crippen LogP contribution in [0.5, 0.6) is 0 Å². The van der Waals surface area contributed by atoms with Crippen LogP contribution in [0.25, 0.3) is 0 Å². The number of nitrogens with one attached hydrogen (secondary N) is 1. The minimum absolute atomic E-state index is 0.0248. The van der Waals surface area contributed by atoms with E-state index in [1.807, 2.05) is 6.26 Å². The molecular formula is C12H24N2OS. The largest absolute Gasteiger partial charge is 0.352 e. The van der Waals surface area contributed by atoms with Gasteiger partial charge in [0, 0.05) is 6.04 Å². The van der Waals surface area contributed by atoms with Crippen LogP contribution in [0.4, 0.5) is 0 Å². The van der Waals surface area contributed by atoms with E-state index in [0.717, 1.165) is 25.0 Å². The molecule has 16 heavy (non-hydrogen) atoms. The lowest BCUT2D eigenvalue weighted by Gasteiger charge is -2.19. The van der Waals surface area contributed by atoms with Crippen molar-refractivity contribution in [3.8, 4) is 0 Å². The van der Waals surface area contributed by atoms with Crippen molar-refractivity contribution in [1.29, 1.82) is 0 Å². The molecule has 0 radical (unpaired) electrons. The van der Waals surface area contributed by atoms with Gasteiger partial charge in [0.25, 0.3) is 0 Å². The lowest BCUT2D eigenvalue weighted by Crippen LogP contribution is -2.45. The Hall–Kier alpha value is -0.220. The van der Waals surface area contributed by atoms with Crippen molar-refractivity contribution in [2.75, 3.05) is 12.0 Å². The molecule has 0 aromatic heterocycles. The van der Waals surface area contributed by atoms with Gasteiger partial charge in [-0.1, -0.05) is 13.8 Å². The molecule has 4 heteroatoms. The van der Waals surface area contributed by atoms with Crippen LogP contribution >= 0.6 is 11.8 Å². The maximum Gasteiger partial charge on any atom is 0.237 e. The van der Waals surface area contributed by atoms with Gasteiger partial charge in [-0.25, -0.2) is 0 Å². The molecule has 1 amide bonds. The van der Waals surface area contributed by atoms with Crippen LogP contribution in [0.3, 0.4) is 0 Å². The van der Waals surface area contributed by atoms with E-state index in [1.54, 1.807) is 11.8 Å². The van der Waals surface area contributed by atoms with Crippen molar-refractivity contribution in [2.24, 2.45) is 11.1 Å². The molecule has 1 rings (SSSR count). The summed E-state index contributed by atoms with van der Waals surface area (Å²) in [5.74, 6) is 0.974. The second-order valence-electron chi connectivity index (χ2n) is 5.50. The van der Waals surface area contributed by atoms with E-state index in [4.69, 9.17) is 5.73 Å². The summed E-state index contributed by atoms with van der Waals surface area (Å²) in [6, 6.07) is -0.000933. The summed E-state index contributed by atoms with van der Waals surface area (Å²) in [4.78, 5) is 11.8. The van der Waals surface area contributed by atoms with Crippen LogP contribution in [0.2, 0.25) is 0 Å². The summed E-state index contributed by atoms with van der Waals surface area (Å²) in [5.41, 5.74) is 6.20. The van der Waals surface area contributed by atoms with Crippen LogP contribution in [-0.2, 0) is 4.79 Å². The first-order valence-corrected chi connectivity index (χ1v) is 7.39. The number of thioether (sulfide) groups is 1. The third-order valence-corrected chi connectivity index (χ3v) is 3.93. The second kappa shape index (κ2) is 5.92. The highest BCUT2D eigenvalue weighted by molar-refractivity contribution is 7.98. The van der Waals surface area contributed by atoms with E-state index in [9.17, 15) is 4.79 Å². The van der Waals surface area contributed by atoms with Crippen molar-refractivity contribution >= 4 is 17.7 Å². The highest BCUT2D eigenvalue weighted by Gasteiger charge is 2.32. The monoisotopic (exact) mass is 244 g/mol. The number of rotatable bonds is 5. The van der Waals surface area contributed by atoms with Gasteiger partial charge >= 0.3 is 0 Å². The Kier molecular flexibility index (Phi) is 5.12. The van der Waals surface area contributed by atoms with Gasteiger partial charge in [0.15, 0.2) is 0 Å². The topological polar surface area (TPSA) is 55.1 Å². The molecule has 0 aromatic carbocycles. The summed E-state index contributed by atoms with van der Waals surface area (Å²) in [5, 5.41) is 3.07. The maximum absolute atomic E-state index is 11.8. The summed E-state index contributed by atoms with van der Waals surface area (Å²) in [6.45, 7) is 4.51. The smallest absolute Gasteiger partial charge is 0.237 e. The SMILES string of the molecule is CSCC[C@@H](N)C(=O)NC1CCC(C)(C)C1. The average molecular weight is 244 g/mol. The fourth-order valence-corrected chi connectivity index (χ4v) is 2.73. The molecule has 1 unspecified atom stereocenters. The number of carbonyl (C=O) groups is 1. The van der Waals surface area contributed by atoms with Gasteiger partial charge in [-0.15, -0.1) is 0 Å². The van der Waals surface area contributed by atoms with E-state index in [1.165, 1.54) is 6.42 Å². The molecule has 0 saturated heterocycles. The predicted molar refractivity (Wildman–Crippen MR) is 70.5 cm³/mol. The third kappa shape index (κ3) is 4.34. The number of hydrogen-bond acceptors (Lipinski definition) is 3. The number of hydrogen-bond donors (Lipinski definition) is 2. The van der Waals surface area contributed by atoms with Crippen LogP contribution < -0.4 is 11.1 Å². The Morgan fingerprint density at radius 3 is 2.81 bits per heavy atom. The highest BCUT2D eigenvalue weighted by Crippen LogP contribution is 2.36. The average Bonchev–Trinajstić information content (AvgIpc) is 2.54. The molecular weight excluding hydrogens is 220 g/mol. The lowest BCUT2D eigenvalue weighted by molar-refractivity contribution is -0.123. The molecule has 0 spiro atoms. The molecule has 3 N–H and O–H groups in total. The molecule has 1 aliphatic carbocycles. The standard InChI is InChI=1S/C12H24N2OS/c1-12(2)6-4-9(8-12)14-11(15)10(13)5-7-16-3/h9-10H,4-8,13H2,1-3H3,(H,14,15)/t9?,10-/m1/s1. The van der Waals surface area contributed by atoms with Crippen molar-refractivity contribution < 1.29 is 4.79 Å². The molecule has 1 saturated carbocycles. The Labute approximate surface area is 103 Å². The van der Waals surface area contributed by atoms with Crippen molar-refractivity contribution in [1.82, 2.24) is 5.32 Å². The summed E-state index contributed by atoms with van der Waals surface area (Å²) < 4.78 is 0. The van der Waals surface area contributed by atoms with Crippen LogP contribution in [-0.4, -0.2) is 30.0 Å². The van der Waals surface area contributed by atoms with Crippen molar-refractivity contribution in [2.45, 2.75) is 51.6 Å². The quantitative estimate of drug-likeness (QED) is 0.775. The number of amides is 1. The molecule has 1 fully saturated rings. The van der Waals surface area contributed by atoms with Crippen molar-refractivity contribution in [3.63, 3.8) is 0 Å². The summed E-state index contributed by atoms with van der Waals surface area (Å²) in [6.07, 6.45) is 6.16. The van der Waals surface area contributed by atoms with Crippen LogP contribution in [0.1, 0.15) is 39.5 Å². The first kappa shape index (κ1) is 13.8. The predicted octanol–water partition coefficient (Wildman–Crippen LogP) is 1.76. The van der Waals surface area contributed by atoms with E-state index >= 15 is 0 Å². The fraction of sp³-hybridized carbons (Fsp3) is 0.917. The van der Waals surface area contributed by atoms with E-state index in [0.29, 0.717) is 11.5 Å². The van der Waals surface area contributed by atoms with Gasteiger partial charge in [-0.2, -0.15) is 11.8 Å². The normalized spacial score (nSPS) is 25.4. The minimum atomic E-state index is -0.337. The highest BCUT2D eigenvalue weighted by atomic mass is 32.2. The zero-order valence-corrected chi connectivity index (χ0v) is 11.4. The molecule has 0 bridgehead atoms. The Morgan fingerprint density at radius 2 is 2.31 bits per heavy atom. The third-order valence-electron chi connectivity index (χ3n) is 3.28.